The van der Waals surface area contributed by atoms with Crippen molar-refractivity contribution in [1.82, 2.24) is 15.4 Å². The van der Waals surface area contributed by atoms with Crippen LogP contribution in [0.15, 0.2) is 22.7 Å². The van der Waals surface area contributed by atoms with Gasteiger partial charge in [0.1, 0.15) is 11.5 Å². The molecule has 4 rings (SSSR count). The van der Waals surface area contributed by atoms with E-state index in [9.17, 15) is 4.79 Å². The van der Waals surface area contributed by atoms with Crippen molar-refractivity contribution in [3.63, 3.8) is 0 Å². The fraction of sp³-hybridized carbons (Fsp3) is 0.412. The quantitative estimate of drug-likeness (QED) is 0.906. The second-order valence-electron chi connectivity index (χ2n) is 6.49. The minimum absolute atomic E-state index is 0.161. The van der Waals surface area contributed by atoms with Crippen molar-refractivity contribution in [2.75, 3.05) is 13.1 Å². The number of hydrogen-bond donors (Lipinski definition) is 1. The van der Waals surface area contributed by atoms with Crippen LogP contribution >= 0.6 is 23.2 Å². The van der Waals surface area contributed by atoms with Gasteiger partial charge in [0.05, 0.1) is 10.0 Å². The maximum absolute atomic E-state index is 11.5. The van der Waals surface area contributed by atoms with Crippen LogP contribution in [0.3, 0.4) is 0 Å². The van der Waals surface area contributed by atoms with Crippen molar-refractivity contribution in [1.29, 1.82) is 0 Å². The van der Waals surface area contributed by atoms with Crippen molar-refractivity contribution >= 4 is 29.1 Å². The molecule has 0 unspecified atom stereocenters. The third-order valence-corrected chi connectivity index (χ3v) is 5.51. The summed E-state index contributed by atoms with van der Waals surface area (Å²) in [4.78, 5) is 13.8. The Hall–Kier alpha value is -1.56. The van der Waals surface area contributed by atoms with Gasteiger partial charge in [-0.15, -0.1) is 0 Å². The lowest BCUT2D eigenvalue weighted by molar-refractivity contribution is -0.119. The van der Waals surface area contributed by atoms with Gasteiger partial charge < -0.3 is 9.84 Å². The van der Waals surface area contributed by atoms with Crippen LogP contribution in [0.4, 0.5) is 0 Å². The Kier molecular flexibility index (Phi) is 4.03. The molecule has 0 radical (unpaired) electrons. The van der Waals surface area contributed by atoms with E-state index in [4.69, 9.17) is 27.7 Å². The highest BCUT2D eigenvalue weighted by Gasteiger charge is 2.40. The highest BCUT2D eigenvalue weighted by Crippen LogP contribution is 2.38. The predicted octanol–water partition coefficient (Wildman–Crippen LogP) is 3.28. The average Bonchev–Trinajstić information content (AvgIpc) is 3.15. The smallest absolute Gasteiger partial charge is 0.220 e. The van der Waals surface area contributed by atoms with Gasteiger partial charge in [-0.3, -0.25) is 9.69 Å². The molecule has 2 aliphatic heterocycles. The number of hydrogen-bond acceptors (Lipinski definition) is 4. The summed E-state index contributed by atoms with van der Waals surface area (Å²) >= 11 is 12.7. The summed E-state index contributed by atoms with van der Waals surface area (Å²) in [5, 5.41) is 8.35. The van der Waals surface area contributed by atoms with E-state index in [0.717, 1.165) is 24.4 Å². The first-order valence-electron chi connectivity index (χ1n) is 7.94. The summed E-state index contributed by atoms with van der Waals surface area (Å²) in [5.41, 5.74) is 2.40. The van der Waals surface area contributed by atoms with Crippen LogP contribution < -0.4 is 5.32 Å². The third-order valence-electron chi connectivity index (χ3n) is 4.88. The van der Waals surface area contributed by atoms with E-state index in [1.807, 2.05) is 13.0 Å². The van der Waals surface area contributed by atoms with Crippen LogP contribution in [0.1, 0.15) is 17.7 Å². The minimum Gasteiger partial charge on any atom is -0.361 e. The summed E-state index contributed by atoms with van der Waals surface area (Å²) in [6.45, 7) is 4.34. The van der Waals surface area contributed by atoms with Crippen LogP contribution in [-0.4, -0.2) is 35.1 Å². The molecule has 7 heteroatoms. The SMILES string of the molecule is Cc1onc(-c2c(Cl)cccc2Cl)c1CN1C[C@@H]2CC(=O)N[C@@H]2C1. The number of aryl methyl sites for hydroxylation is 1. The molecule has 2 fully saturated rings. The van der Waals surface area contributed by atoms with Crippen molar-refractivity contribution in [3.8, 4) is 11.3 Å². The molecule has 2 saturated heterocycles. The second-order valence-corrected chi connectivity index (χ2v) is 7.31. The molecule has 1 amide bonds. The molecule has 0 aliphatic carbocycles. The van der Waals surface area contributed by atoms with Gasteiger partial charge in [0.15, 0.2) is 0 Å². The molecule has 0 bridgehead atoms. The van der Waals surface area contributed by atoms with Crippen molar-refractivity contribution in [3.05, 3.63) is 39.6 Å². The van der Waals surface area contributed by atoms with Crippen LogP contribution in [0.25, 0.3) is 11.3 Å². The summed E-state index contributed by atoms with van der Waals surface area (Å²) in [6, 6.07) is 5.66. The molecule has 0 spiro atoms. The number of nitrogens with zero attached hydrogens (tertiary/aromatic N) is 2. The lowest BCUT2D eigenvalue weighted by Crippen LogP contribution is -2.32. The molecule has 2 aromatic rings. The topological polar surface area (TPSA) is 58.4 Å². The van der Waals surface area contributed by atoms with Crippen LogP contribution in [0, 0.1) is 12.8 Å². The number of likely N-dealkylation sites (tertiary alicyclic amines) is 1. The molecule has 2 atom stereocenters. The summed E-state index contributed by atoms with van der Waals surface area (Å²) in [7, 11) is 0. The maximum Gasteiger partial charge on any atom is 0.220 e. The van der Waals surface area contributed by atoms with E-state index in [0.29, 0.717) is 40.2 Å². The highest BCUT2D eigenvalue weighted by atomic mass is 35.5. The zero-order valence-electron chi connectivity index (χ0n) is 13.2. The van der Waals surface area contributed by atoms with E-state index in [2.05, 4.69) is 15.4 Å². The number of fused-ring (bicyclic) bond motifs is 1. The van der Waals surface area contributed by atoms with Gasteiger partial charge >= 0.3 is 0 Å². The van der Waals surface area contributed by atoms with Gasteiger partial charge in [0.25, 0.3) is 0 Å². The number of aromatic nitrogens is 1. The Balaban J connectivity index is 1.61. The Bertz CT molecular complexity index is 769. The van der Waals surface area contributed by atoms with Crippen LogP contribution in [0.5, 0.6) is 0 Å². The fourth-order valence-electron chi connectivity index (χ4n) is 3.69. The minimum atomic E-state index is 0.161. The standard InChI is InChI=1S/C17H17Cl2N3O2/c1-9-11(7-22-6-10-5-15(23)20-14(10)8-22)17(21-24-9)16-12(18)3-2-4-13(16)19/h2-4,10,14H,5-8H2,1H3,(H,20,23)/t10-,14+/m0/s1. The van der Waals surface area contributed by atoms with E-state index in [-0.39, 0.29) is 11.9 Å². The van der Waals surface area contributed by atoms with Gasteiger partial charge in [-0.1, -0.05) is 34.4 Å². The Morgan fingerprint density at radius 3 is 2.79 bits per heavy atom. The van der Waals surface area contributed by atoms with Gasteiger partial charge in [-0.2, -0.15) is 0 Å². The molecule has 5 nitrogen and oxygen atoms in total. The van der Waals surface area contributed by atoms with Crippen molar-refractivity contribution in [2.24, 2.45) is 5.92 Å². The van der Waals surface area contributed by atoms with Gasteiger partial charge in [-0.25, -0.2) is 0 Å². The largest absolute Gasteiger partial charge is 0.361 e. The molecule has 126 valence electrons. The molecular formula is C17H17Cl2N3O2. The van der Waals surface area contributed by atoms with Crippen molar-refractivity contribution in [2.45, 2.75) is 25.9 Å². The van der Waals surface area contributed by atoms with Crippen molar-refractivity contribution < 1.29 is 9.32 Å². The molecule has 1 aromatic heterocycles. The van der Waals surface area contributed by atoms with Gasteiger partial charge in [-0.05, 0) is 19.1 Å². The summed E-state index contributed by atoms with van der Waals surface area (Å²) < 4.78 is 5.42. The highest BCUT2D eigenvalue weighted by molar-refractivity contribution is 6.39. The lowest BCUT2D eigenvalue weighted by Gasteiger charge is -2.17. The Morgan fingerprint density at radius 2 is 2.08 bits per heavy atom. The molecule has 2 aliphatic rings. The first-order chi connectivity index (χ1) is 11.5. The average molecular weight is 366 g/mol. The monoisotopic (exact) mass is 365 g/mol. The van der Waals surface area contributed by atoms with E-state index >= 15 is 0 Å². The lowest BCUT2D eigenvalue weighted by atomic mass is 10.0. The molecule has 1 N–H and O–H groups in total. The molecule has 3 heterocycles. The van der Waals surface area contributed by atoms with E-state index < -0.39 is 0 Å². The normalized spacial score (nSPS) is 23.5. The zero-order chi connectivity index (χ0) is 16.8. The number of nitrogens with one attached hydrogen (secondary N) is 1. The fourth-order valence-corrected chi connectivity index (χ4v) is 4.26. The number of carbonyl (C=O) groups is 1. The zero-order valence-corrected chi connectivity index (χ0v) is 14.7. The van der Waals surface area contributed by atoms with E-state index in [1.165, 1.54) is 0 Å². The third kappa shape index (κ3) is 2.70. The number of carbonyl (C=O) groups excluding carboxylic acids is 1. The van der Waals surface area contributed by atoms with Crippen LogP contribution in [-0.2, 0) is 11.3 Å². The Morgan fingerprint density at radius 1 is 1.33 bits per heavy atom. The first-order valence-corrected chi connectivity index (χ1v) is 8.69. The molecule has 24 heavy (non-hydrogen) atoms. The number of amides is 1. The summed E-state index contributed by atoms with van der Waals surface area (Å²) in [5.74, 6) is 1.32. The molecular weight excluding hydrogens is 349 g/mol. The van der Waals surface area contributed by atoms with E-state index in [1.54, 1.807) is 12.1 Å². The first kappa shape index (κ1) is 15.9. The van der Waals surface area contributed by atoms with Crippen LogP contribution in [0.2, 0.25) is 10.0 Å². The number of benzene rings is 1. The number of halogens is 2. The second kappa shape index (κ2) is 6.06. The van der Waals surface area contributed by atoms with Gasteiger partial charge in [0, 0.05) is 49.1 Å². The van der Waals surface area contributed by atoms with Gasteiger partial charge in [0.2, 0.25) is 5.91 Å². The summed E-state index contributed by atoms with van der Waals surface area (Å²) in [6.07, 6.45) is 0.618. The number of rotatable bonds is 3. The Labute approximate surface area is 149 Å². The molecule has 1 aromatic carbocycles. The predicted molar refractivity (Wildman–Crippen MR) is 92.0 cm³/mol. The maximum atomic E-state index is 11.5. The molecule has 0 saturated carbocycles.